The molecule has 2 aromatic rings. The van der Waals surface area contributed by atoms with E-state index >= 15 is 0 Å². The highest BCUT2D eigenvalue weighted by Gasteiger charge is 2.14. The minimum Gasteiger partial charge on any atom is -0.370 e. The molecule has 1 aromatic carbocycles. The highest BCUT2D eigenvalue weighted by atomic mass is 32.1. The topological polar surface area (TPSA) is 47.2 Å². The number of carbonyl (C=O) groups is 1. The zero-order chi connectivity index (χ0) is 18.2. The molecular formula is C20H29N3O2S+2. The third-order valence-corrected chi connectivity index (χ3v) is 5.45. The molecule has 26 heavy (non-hydrogen) atoms. The fourth-order valence-electron chi connectivity index (χ4n) is 3.24. The van der Waals surface area contributed by atoms with Crippen LogP contribution in [0.3, 0.4) is 0 Å². The van der Waals surface area contributed by atoms with Gasteiger partial charge in [-0.15, -0.1) is 0 Å². The van der Waals surface area contributed by atoms with E-state index in [1.807, 2.05) is 0 Å². The van der Waals surface area contributed by atoms with Gasteiger partial charge in [0.1, 0.15) is 26.2 Å². The Hall–Kier alpha value is -1.73. The van der Waals surface area contributed by atoms with Gasteiger partial charge in [-0.05, 0) is 22.4 Å². The Morgan fingerprint density at radius 2 is 1.88 bits per heavy atom. The summed E-state index contributed by atoms with van der Waals surface area (Å²) < 4.78 is 5.41. The number of benzene rings is 1. The minimum absolute atomic E-state index is 0.0968. The molecule has 0 spiro atoms. The van der Waals surface area contributed by atoms with Crippen molar-refractivity contribution >= 4 is 17.2 Å². The molecule has 3 rings (SSSR count). The van der Waals surface area contributed by atoms with Crippen LogP contribution >= 0.6 is 11.3 Å². The van der Waals surface area contributed by atoms with Gasteiger partial charge in [-0.2, -0.15) is 11.3 Å². The largest absolute Gasteiger partial charge is 0.370 e. The van der Waals surface area contributed by atoms with Crippen LogP contribution in [0.1, 0.15) is 16.7 Å². The second-order valence-corrected chi connectivity index (χ2v) is 7.85. The van der Waals surface area contributed by atoms with Crippen LogP contribution in [-0.2, 0) is 29.2 Å². The molecule has 0 radical (unpaired) electrons. The number of hydrogen-bond donors (Lipinski definition) is 3. The van der Waals surface area contributed by atoms with Crippen LogP contribution in [0.5, 0.6) is 0 Å². The number of ether oxygens (including phenoxy) is 1. The van der Waals surface area contributed by atoms with E-state index in [0.29, 0.717) is 13.1 Å². The number of carbonyl (C=O) groups excluding carboxylic acids is 1. The summed E-state index contributed by atoms with van der Waals surface area (Å²) in [4.78, 5) is 14.9. The lowest BCUT2D eigenvalue weighted by atomic mass is 10.1. The van der Waals surface area contributed by atoms with E-state index in [-0.39, 0.29) is 5.91 Å². The zero-order valence-electron chi connectivity index (χ0n) is 15.4. The third-order valence-electron chi connectivity index (χ3n) is 4.72. The monoisotopic (exact) mass is 375 g/mol. The maximum Gasteiger partial charge on any atom is 0.275 e. The standard InChI is InChI=1S/C20H27N3O2S/c1-22(13-19-6-11-26-16-19)15-20(24)21-12-17-2-4-18(5-3-17)14-23-7-9-25-10-8-23/h2-6,11,16H,7-10,12-15H2,1H3,(H,21,24)/p+2. The molecule has 1 aromatic heterocycles. The van der Waals surface area contributed by atoms with Crippen molar-refractivity contribution in [1.82, 2.24) is 5.32 Å². The molecule has 3 N–H and O–H groups in total. The number of quaternary nitrogens is 2. The number of nitrogens with one attached hydrogen (secondary N) is 3. The van der Waals surface area contributed by atoms with E-state index in [1.165, 1.54) is 16.0 Å². The summed E-state index contributed by atoms with van der Waals surface area (Å²) in [5, 5.41) is 7.25. The number of likely N-dealkylation sites (N-methyl/N-ethyl adjacent to an activating group) is 1. The lowest BCUT2D eigenvalue weighted by Crippen LogP contribution is -3.12. The van der Waals surface area contributed by atoms with Crippen LogP contribution in [0.15, 0.2) is 41.1 Å². The normalized spacial score (nSPS) is 16.3. The molecule has 1 aliphatic rings. The summed E-state index contributed by atoms with van der Waals surface area (Å²) >= 11 is 1.70. The van der Waals surface area contributed by atoms with Gasteiger partial charge in [0.25, 0.3) is 5.91 Å². The average Bonchev–Trinajstić information content (AvgIpc) is 3.15. The number of morpholine rings is 1. The van der Waals surface area contributed by atoms with E-state index < -0.39 is 0 Å². The van der Waals surface area contributed by atoms with Crippen molar-refractivity contribution < 1.29 is 19.3 Å². The van der Waals surface area contributed by atoms with Crippen LogP contribution in [0, 0.1) is 0 Å². The molecule has 1 fully saturated rings. The molecule has 5 nitrogen and oxygen atoms in total. The maximum absolute atomic E-state index is 12.1. The van der Waals surface area contributed by atoms with Crippen LogP contribution in [0.4, 0.5) is 0 Å². The average molecular weight is 376 g/mol. The van der Waals surface area contributed by atoms with Crippen LogP contribution in [0.2, 0.25) is 0 Å². The van der Waals surface area contributed by atoms with E-state index in [1.54, 1.807) is 16.2 Å². The first-order valence-corrected chi connectivity index (χ1v) is 10.2. The van der Waals surface area contributed by atoms with Crippen LogP contribution in [0.25, 0.3) is 0 Å². The molecule has 1 unspecified atom stereocenters. The van der Waals surface area contributed by atoms with Crippen LogP contribution in [-0.4, -0.2) is 45.8 Å². The molecule has 0 saturated carbocycles. The summed E-state index contributed by atoms with van der Waals surface area (Å²) in [5.74, 6) is 0.0968. The Balaban J connectivity index is 1.38. The molecule has 2 heterocycles. The van der Waals surface area contributed by atoms with Crippen molar-refractivity contribution in [1.29, 1.82) is 0 Å². The molecule has 0 aliphatic carbocycles. The summed E-state index contributed by atoms with van der Waals surface area (Å²) in [5.41, 5.74) is 3.78. The molecular weight excluding hydrogens is 346 g/mol. The zero-order valence-corrected chi connectivity index (χ0v) is 16.2. The summed E-state index contributed by atoms with van der Waals surface area (Å²) in [6.07, 6.45) is 0. The number of hydrogen-bond acceptors (Lipinski definition) is 3. The smallest absolute Gasteiger partial charge is 0.275 e. The van der Waals surface area contributed by atoms with Crippen LogP contribution < -0.4 is 15.1 Å². The van der Waals surface area contributed by atoms with Gasteiger partial charge in [-0.25, -0.2) is 0 Å². The SMILES string of the molecule is C[NH+](CC(=O)NCc1ccc(C[NH+]2CCOCC2)cc1)Cc1ccsc1. The predicted molar refractivity (Wildman–Crippen MR) is 103 cm³/mol. The van der Waals surface area contributed by atoms with Gasteiger partial charge in [0.2, 0.25) is 0 Å². The van der Waals surface area contributed by atoms with E-state index in [4.69, 9.17) is 4.74 Å². The minimum atomic E-state index is 0.0968. The Morgan fingerprint density at radius 1 is 1.15 bits per heavy atom. The third kappa shape index (κ3) is 6.21. The maximum atomic E-state index is 12.1. The predicted octanol–water partition coefficient (Wildman–Crippen LogP) is -0.506. The summed E-state index contributed by atoms with van der Waals surface area (Å²) in [6, 6.07) is 10.7. The Kier molecular flexibility index (Phi) is 7.20. The van der Waals surface area contributed by atoms with Crippen molar-refractivity contribution in [3.8, 4) is 0 Å². The van der Waals surface area contributed by atoms with E-state index in [2.05, 4.69) is 53.5 Å². The van der Waals surface area contributed by atoms with E-state index in [0.717, 1.165) is 45.0 Å². The molecule has 0 bridgehead atoms. The second-order valence-electron chi connectivity index (χ2n) is 7.07. The fourth-order valence-corrected chi connectivity index (χ4v) is 3.91. The Morgan fingerprint density at radius 3 is 2.58 bits per heavy atom. The van der Waals surface area contributed by atoms with Crippen molar-refractivity contribution in [3.63, 3.8) is 0 Å². The highest BCUT2D eigenvalue weighted by Crippen LogP contribution is 2.04. The van der Waals surface area contributed by atoms with Gasteiger partial charge in [0.05, 0.1) is 20.3 Å². The quantitative estimate of drug-likeness (QED) is 0.582. The van der Waals surface area contributed by atoms with Gasteiger partial charge < -0.3 is 19.9 Å². The van der Waals surface area contributed by atoms with E-state index in [9.17, 15) is 4.79 Å². The van der Waals surface area contributed by atoms with Gasteiger partial charge in [0.15, 0.2) is 6.54 Å². The first-order valence-electron chi connectivity index (χ1n) is 9.27. The number of amides is 1. The number of rotatable bonds is 8. The Labute approximate surface area is 159 Å². The molecule has 6 heteroatoms. The Bertz CT molecular complexity index is 667. The lowest BCUT2D eigenvalue weighted by Gasteiger charge is -2.23. The van der Waals surface area contributed by atoms with Gasteiger partial charge in [0, 0.05) is 17.7 Å². The van der Waals surface area contributed by atoms with Crippen molar-refractivity contribution in [2.75, 3.05) is 39.9 Å². The summed E-state index contributed by atoms with van der Waals surface area (Å²) in [6.45, 7) is 6.91. The van der Waals surface area contributed by atoms with Gasteiger partial charge in [-0.1, -0.05) is 24.3 Å². The molecule has 1 amide bonds. The highest BCUT2D eigenvalue weighted by molar-refractivity contribution is 7.07. The first kappa shape index (κ1) is 19.0. The fraction of sp³-hybridized carbons (Fsp3) is 0.450. The molecule has 140 valence electrons. The molecule has 1 saturated heterocycles. The van der Waals surface area contributed by atoms with Gasteiger partial charge >= 0.3 is 0 Å². The molecule has 1 atom stereocenters. The van der Waals surface area contributed by atoms with Crippen molar-refractivity contribution in [3.05, 3.63) is 57.8 Å². The molecule has 1 aliphatic heterocycles. The lowest BCUT2D eigenvalue weighted by molar-refractivity contribution is -0.921. The van der Waals surface area contributed by atoms with Crippen molar-refractivity contribution in [2.45, 2.75) is 19.6 Å². The summed E-state index contributed by atoms with van der Waals surface area (Å²) in [7, 11) is 2.06. The van der Waals surface area contributed by atoms with Gasteiger partial charge in [-0.3, -0.25) is 4.79 Å². The van der Waals surface area contributed by atoms with Crippen molar-refractivity contribution in [2.24, 2.45) is 0 Å². The number of thiophene rings is 1. The first-order chi connectivity index (χ1) is 12.7. The second kappa shape index (κ2) is 9.83.